The van der Waals surface area contributed by atoms with Crippen molar-refractivity contribution in [3.05, 3.63) is 35.9 Å². The van der Waals surface area contributed by atoms with Crippen LogP contribution >= 0.6 is 0 Å². The highest BCUT2D eigenvalue weighted by atomic mass is 16.5. The van der Waals surface area contributed by atoms with Gasteiger partial charge in [0.15, 0.2) is 0 Å². The molecule has 4 aliphatic heterocycles. The average molecular weight is 513 g/mol. The fourth-order valence-corrected chi connectivity index (χ4v) is 7.60. The summed E-state index contributed by atoms with van der Waals surface area (Å²) in [5.41, 5.74) is 1.03. The second kappa shape index (κ2) is 11.2. The summed E-state index contributed by atoms with van der Waals surface area (Å²) in [6.45, 7) is 8.64. The molecule has 0 saturated carbocycles. The normalized spacial score (nSPS) is 29.4. The molecule has 37 heavy (non-hydrogen) atoms. The Kier molecular flexibility index (Phi) is 7.96. The molecule has 4 saturated heterocycles. The van der Waals surface area contributed by atoms with E-state index in [-0.39, 0.29) is 23.7 Å². The number of methoxy groups -OCH3 is 1. The number of nitrogens with one attached hydrogen (secondary N) is 1. The van der Waals surface area contributed by atoms with E-state index < -0.39 is 6.09 Å². The van der Waals surface area contributed by atoms with Gasteiger partial charge in [-0.15, -0.1) is 0 Å². The zero-order chi connectivity index (χ0) is 26.0. The molecular formula is C29H44N4O4. The summed E-state index contributed by atoms with van der Waals surface area (Å²) in [6, 6.07) is 11.5. The molecule has 0 aromatic heterocycles. The fraction of sp³-hybridized carbons (Fsp3) is 0.724. The first-order chi connectivity index (χ1) is 17.9. The number of fused-ring (bicyclic) bond motifs is 2. The third kappa shape index (κ3) is 5.46. The number of benzene rings is 1. The number of amides is 3. The molecule has 0 aliphatic carbocycles. The van der Waals surface area contributed by atoms with E-state index in [4.69, 9.17) is 9.47 Å². The van der Waals surface area contributed by atoms with Crippen LogP contribution in [0.1, 0.15) is 70.4 Å². The Morgan fingerprint density at radius 2 is 1.78 bits per heavy atom. The SMILES string of the molecule is COC(=O)N[C@@H](CCN1C2CCC1CC1(C2)CN(CC2CCOCC2)C(=O)N1C(C)C)c1ccccc1. The van der Waals surface area contributed by atoms with E-state index in [1.807, 2.05) is 18.2 Å². The maximum absolute atomic E-state index is 13.7. The fourth-order valence-electron chi connectivity index (χ4n) is 7.60. The maximum Gasteiger partial charge on any atom is 0.407 e. The van der Waals surface area contributed by atoms with E-state index in [1.54, 1.807) is 0 Å². The summed E-state index contributed by atoms with van der Waals surface area (Å²) in [6.07, 6.45) is 7.01. The van der Waals surface area contributed by atoms with Crippen molar-refractivity contribution in [1.82, 2.24) is 20.0 Å². The lowest BCUT2D eigenvalue weighted by Crippen LogP contribution is -2.60. The minimum absolute atomic E-state index is 0.0676. The largest absolute Gasteiger partial charge is 0.453 e. The van der Waals surface area contributed by atoms with Gasteiger partial charge in [-0.3, -0.25) is 4.90 Å². The first-order valence-electron chi connectivity index (χ1n) is 14.2. The third-order valence-electron chi connectivity index (χ3n) is 9.17. The Hall–Kier alpha value is -2.32. The Morgan fingerprint density at radius 1 is 1.11 bits per heavy atom. The average Bonchev–Trinajstić information content (AvgIpc) is 3.31. The number of rotatable bonds is 8. The lowest BCUT2D eigenvalue weighted by atomic mass is 9.81. The zero-order valence-electron chi connectivity index (χ0n) is 22.7. The molecule has 1 aromatic rings. The van der Waals surface area contributed by atoms with Gasteiger partial charge in [0.25, 0.3) is 0 Å². The summed E-state index contributed by atoms with van der Waals surface area (Å²) in [5.74, 6) is 0.552. The van der Waals surface area contributed by atoms with Crippen molar-refractivity contribution < 1.29 is 19.1 Å². The molecule has 4 fully saturated rings. The van der Waals surface area contributed by atoms with Crippen LogP contribution in [0.15, 0.2) is 30.3 Å². The van der Waals surface area contributed by atoms with Crippen molar-refractivity contribution in [2.75, 3.05) is 40.0 Å². The lowest BCUT2D eigenvalue weighted by molar-refractivity contribution is 0.0145. The molecule has 4 aliphatic rings. The van der Waals surface area contributed by atoms with Crippen molar-refractivity contribution >= 4 is 12.1 Å². The number of hydrogen-bond acceptors (Lipinski definition) is 5. The topological polar surface area (TPSA) is 74.4 Å². The van der Waals surface area contributed by atoms with Crippen LogP contribution in [0.2, 0.25) is 0 Å². The van der Waals surface area contributed by atoms with Crippen LogP contribution < -0.4 is 5.32 Å². The highest BCUT2D eigenvalue weighted by Crippen LogP contribution is 2.48. The minimum Gasteiger partial charge on any atom is -0.453 e. The number of carbonyl (C=O) groups is 2. The van der Waals surface area contributed by atoms with E-state index in [1.165, 1.54) is 20.0 Å². The number of urea groups is 1. The molecule has 3 atom stereocenters. The van der Waals surface area contributed by atoms with Crippen LogP contribution in [-0.4, -0.2) is 90.4 Å². The highest BCUT2D eigenvalue weighted by Gasteiger charge is 2.57. The number of ether oxygens (including phenoxy) is 2. The minimum atomic E-state index is -0.393. The van der Waals surface area contributed by atoms with E-state index in [0.29, 0.717) is 18.0 Å². The van der Waals surface area contributed by atoms with Crippen molar-refractivity contribution in [2.24, 2.45) is 5.92 Å². The summed E-state index contributed by atoms with van der Waals surface area (Å²) >= 11 is 0. The summed E-state index contributed by atoms with van der Waals surface area (Å²) in [5, 5.41) is 3.04. The quantitative estimate of drug-likeness (QED) is 0.559. The van der Waals surface area contributed by atoms with Gasteiger partial charge in [-0.2, -0.15) is 0 Å². The van der Waals surface area contributed by atoms with Crippen LogP contribution in [-0.2, 0) is 9.47 Å². The highest BCUT2D eigenvalue weighted by molar-refractivity contribution is 5.78. The second-order valence-electron chi connectivity index (χ2n) is 11.8. The number of alkyl carbamates (subject to hydrolysis) is 1. The van der Waals surface area contributed by atoms with Gasteiger partial charge >= 0.3 is 12.1 Å². The number of carbonyl (C=O) groups excluding carboxylic acids is 2. The molecule has 8 nitrogen and oxygen atoms in total. The van der Waals surface area contributed by atoms with Gasteiger partial charge in [0.05, 0.1) is 18.7 Å². The molecular weight excluding hydrogens is 468 g/mol. The predicted octanol–water partition coefficient (Wildman–Crippen LogP) is 4.41. The van der Waals surface area contributed by atoms with Crippen molar-refractivity contribution in [1.29, 1.82) is 0 Å². The van der Waals surface area contributed by atoms with Gasteiger partial charge in [-0.05, 0) is 70.3 Å². The number of hydrogen-bond donors (Lipinski definition) is 1. The maximum atomic E-state index is 13.7. The van der Waals surface area contributed by atoms with Crippen molar-refractivity contribution in [3.8, 4) is 0 Å². The molecule has 1 aromatic carbocycles. The third-order valence-corrected chi connectivity index (χ3v) is 9.17. The molecule has 204 valence electrons. The Morgan fingerprint density at radius 3 is 2.41 bits per heavy atom. The molecule has 4 heterocycles. The van der Waals surface area contributed by atoms with Crippen LogP contribution in [0.4, 0.5) is 9.59 Å². The first kappa shape index (κ1) is 26.3. The van der Waals surface area contributed by atoms with Gasteiger partial charge < -0.3 is 24.6 Å². The van der Waals surface area contributed by atoms with Gasteiger partial charge in [0, 0.05) is 51.0 Å². The summed E-state index contributed by atoms with van der Waals surface area (Å²) in [4.78, 5) is 32.8. The van der Waals surface area contributed by atoms with Crippen molar-refractivity contribution in [2.45, 2.75) is 88.5 Å². The van der Waals surface area contributed by atoms with Gasteiger partial charge in [-0.25, -0.2) is 9.59 Å². The summed E-state index contributed by atoms with van der Waals surface area (Å²) in [7, 11) is 1.41. The summed E-state index contributed by atoms with van der Waals surface area (Å²) < 4.78 is 10.5. The molecule has 1 spiro atoms. The molecule has 3 amide bonds. The van der Waals surface area contributed by atoms with Crippen LogP contribution in [0, 0.1) is 5.92 Å². The first-order valence-corrected chi connectivity index (χ1v) is 14.2. The molecule has 2 bridgehead atoms. The van der Waals surface area contributed by atoms with Gasteiger partial charge in [0.2, 0.25) is 0 Å². The Bertz CT molecular complexity index is 921. The lowest BCUT2D eigenvalue weighted by Gasteiger charge is -2.49. The van der Waals surface area contributed by atoms with E-state index in [2.05, 4.69) is 46.0 Å². The van der Waals surface area contributed by atoms with Crippen LogP contribution in [0.5, 0.6) is 0 Å². The molecule has 2 unspecified atom stereocenters. The number of nitrogens with zero attached hydrogens (tertiary/aromatic N) is 3. The standard InChI is InChI=1S/C29H44N4O4/c1-21(2)33-28(35)31(19-22-12-15-37-16-13-22)20-29(33)17-24-9-10-25(18-29)32(24)14-11-26(30-27(34)36-3)23-7-5-4-6-8-23/h4-8,21-22,24-26H,9-20H2,1-3H3,(H,30,34)/t24?,25?,26-,29?/m0/s1. The predicted molar refractivity (Wildman–Crippen MR) is 142 cm³/mol. The van der Waals surface area contributed by atoms with Crippen LogP contribution in [0.25, 0.3) is 0 Å². The van der Waals surface area contributed by atoms with Crippen LogP contribution in [0.3, 0.4) is 0 Å². The molecule has 5 rings (SSSR count). The zero-order valence-corrected chi connectivity index (χ0v) is 22.7. The molecule has 8 heteroatoms. The van der Waals surface area contributed by atoms with E-state index in [0.717, 1.165) is 70.5 Å². The van der Waals surface area contributed by atoms with Gasteiger partial charge in [0.1, 0.15) is 0 Å². The molecule has 1 N–H and O–H groups in total. The monoisotopic (exact) mass is 512 g/mol. The second-order valence-corrected chi connectivity index (χ2v) is 11.8. The van der Waals surface area contributed by atoms with Gasteiger partial charge in [-0.1, -0.05) is 30.3 Å². The van der Waals surface area contributed by atoms with E-state index in [9.17, 15) is 9.59 Å². The Balaban J connectivity index is 1.27. The number of piperidine rings is 1. The van der Waals surface area contributed by atoms with E-state index >= 15 is 0 Å². The smallest absolute Gasteiger partial charge is 0.407 e. The van der Waals surface area contributed by atoms with Crippen molar-refractivity contribution in [3.63, 3.8) is 0 Å². The Labute approximate surface area is 221 Å². The molecule has 0 radical (unpaired) electrons.